The SMILES string of the molecule is C#Cc1cc(COC)c(OCCOc2ccc(C(C)(C)CC)cc2)c(COC)c1.C=Cc1cc(COCC)c(OCCOc2ccc(C(C)(C)CC)cc2)c(COCC)c1.CCOCc1cc(C2CCCCC2)cc(COCC)c1OCCOc1ccc(C(C)(CC)C(F)(F)F)cc1. The van der Waals surface area contributed by atoms with Gasteiger partial charge >= 0.3 is 6.18 Å². The maximum atomic E-state index is 13.6. The third-order valence-electron chi connectivity index (χ3n) is 18.4. The van der Waals surface area contributed by atoms with Gasteiger partial charge in [0.15, 0.2) is 0 Å². The Balaban J connectivity index is 0.000000268. The molecule has 0 amide bonds. The fourth-order valence-corrected chi connectivity index (χ4v) is 11.4. The fraction of sp³-hybridized carbons (Fsp3) is 0.518. The quantitative estimate of drug-likeness (QED) is 0.0271. The average molecular weight is 1360 g/mol. The number of rotatable bonds is 39. The Morgan fingerprint density at radius 3 is 1.06 bits per heavy atom. The van der Waals surface area contributed by atoms with E-state index in [0.717, 1.165) is 86.1 Å². The summed E-state index contributed by atoms with van der Waals surface area (Å²) in [5, 5.41) is 0. The minimum Gasteiger partial charge on any atom is -0.490 e. The molecular weight excluding hydrogens is 1250 g/mol. The largest absolute Gasteiger partial charge is 0.490 e. The Morgan fingerprint density at radius 1 is 0.439 bits per heavy atom. The van der Waals surface area contributed by atoms with Gasteiger partial charge in [-0.25, -0.2) is 0 Å². The summed E-state index contributed by atoms with van der Waals surface area (Å²) in [6.07, 6.45) is 11.5. The van der Waals surface area contributed by atoms with Crippen molar-refractivity contribution in [1.82, 2.24) is 0 Å². The summed E-state index contributed by atoms with van der Waals surface area (Å²) in [5.41, 5.74) is 10.3. The molecule has 98 heavy (non-hydrogen) atoms. The van der Waals surface area contributed by atoms with E-state index < -0.39 is 11.6 Å². The van der Waals surface area contributed by atoms with E-state index >= 15 is 0 Å². The molecule has 6 aromatic carbocycles. The molecule has 0 aliphatic heterocycles. The van der Waals surface area contributed by atoms with Gasteiger partial charge in [-0.3, -0.25) is 0 Å². The molecule has 1 aliphatic rings. The molecule has 15 heteroatoms. The molecule has 0 N–H and O–H groups in total. The predicted molar refractivity (Wildman–Crippen MR) is 389 cm³/mol. The number of terminal acetylenes is 1. The van der Waals surface area contributed by atoms with Crippen LogP contribution in [0, 0.1) is 12.3 Å². The van der Waals surface area contributed by atoms with Gasteiger partial charge in [0.2, 0.25) is 0 Å². The monoisotopic (exact) mass is 1360 g/mol. The second kappa shape index (κ2) is 42.2. The Bertz CT molecular complexity index is 3220. The Hall–Kier alpha value is -7.03. The van der Waals surface area contributed by atoms with E-state index in [9.17, 15) is 13.2 Å². The van der Waals surface area contributed by atoms with Crippen LogP contribution in [0.15, 0.2) is 116 Å². The first-order chi connectivity index (χ1) is 47.1. The zero-order valence-corrected chi connectivity index (χ0v) is 61.3. The molecule has 6 aromatic rings. The van der Waals surface area contributed by atoms with E-state index in [4.69, 9.17) is 63.3 Å². The van der Waals surface area contributed by atoms with Gasteiger partial charge < -0.3 is 56.8 Å². The molecule has 0 radical (unpaired) electrons. The highest BCUT2D eigenvalue weighted by Gasteiger charge is 2.50. The van der Waals surface area contributed by atoms with Crippen LogP contribution in [0.5, 0.6) is 34.5 Å². The summed E-state index contributed by atoms with van der Waals surface area (Å²) in [5.74, 6) is 7.75. The van der Waals surface area contributed by atoms with Crippen molar-refractivity contribution in [1.29, 1.82) is 0 Å². The molecule has 0 heterocycles. The van der Waals surface area contributed by atoms with Crippen molar-refractivity contribution in [3.8, 4) is 46.8 Å². The van der Waals surface area contributed by atoms with Gasteiger partial charge in [-0.05, 0) is 184 Å². The highest BCUT2D eigenvalue weighted by atomic mass is 19.4. The van der Waals surface area contributed by atoms with E-state index in [-0.39, 0.29) is 36.0 Å². The Labute approximate surface area is 585 Å². The molecule has 0 saturated heterocycles. The van der Waals surface area contributed by atoms with Crippen molar-refractivity contribution in [3.63, 3.8) is 0 Å². The van der Waals surface area contributed by atoms with Gasteiger partial charge in [-0.15, -0.1) is 6.42 Å². The number of benzene rings is 6. The second-order valence-electron chi connectivity index (χ2n) is 25.9. The normalized spacial score (nSPS) is 13.2. The number of ether oxygens (including phenoxy) is 12. The minimum absolute atomic E-state index is 0.0295. The molecule has 538 valence electrons. The molecule has 7 rings (SSSR count). The van der Waals surface area contributed by atoms with Gasteiger partial charge in [-0.1, -0.05) is 123 Å². The van der Waals surface area contributed by atoms with Gasteiger partial charge in [0.1, 0.15) is 74.1 Å². The Morgan fingerprint density at radius 2 is 0.765 bits per heavy atom. The van der Waals surface area contributed by atoms with Crippen molar-refractivity contribution in [2.24, 2.45) is 0 Å². The lowest BCUT2D eigenvalue weighted by molar-refractivity contribution is -0.186. The molecular formula is C83H113F3O12. The lowest BCUT2D eigenvalue weighted by Crippen LogP contribution is -2.38. The van der Waals surface area contributed by atoms with E-state index in [2.05, 4.69) is 103 Å². The van der Waals surface area contributed by atoms with Crippen LogP contribution in [0.1, 0.15) is 207 Å². The summed E-state index contributed by atoms with van der Waals surface area (Å²) in [7, 11) is 3.30. The van der Waals surface area contributed by atoms with Crippen LogP contribution in [0.25, 0.3) is 6.08 Å². The fourth-order valence-electron chi connectivity index (χ4n) is 11.4. The van der Waals surface area contributed by atoms with Crippen molar-refractivity contribution < 1.29 is 70.0 Å². The van der Waals surface area contributed by atoms with Crippen LogP contribution < -0.4 is 28.4 Å². The topological polar surface area (TPSA) is 111 Å². The maximum Gasteiger partial charge on any atom is 0.398 e. The number of halogens is 3. The number of methoxy groups -OCH3 is 2. The first-order valence-corrected chi connectivity index (χ1v) is 35.1. The summed E-state index contributed by atoms with van der Waals surface area (Å²) < 4.78 is 110. The average Bonchev–Trinajstić information content (AvgIpc) is 0.792. The standard InChI is InChI=1S/C31H43F3O4.C27H38O4.C25H32O4/c1-5-30(4,31(32,33)34)27-13-15-28(16-14-27)37-17-18-38-29-25(21-35-6-2)19-24(20-26(29)22-36-7-3)23-11-9-8-10-12-23;1-7-21-17-22(19-28-9-3)26(23(18-21)20-29-10-4)31-16-15-30-25-13-11-24(12-14-25)27(5,6)8-2;1-7-19-15-20(17-26-5)24(21(16-19)18-27-6)29-14-13-28-23-11-9-22(10-12-23)25(3,4)8-2/h13-16,19-20,23H,5-12,17-18,21-22H2,1-4H3;7,11-14,17-18H,1,8-10,15-16,19-20H2,2-6H3;1,9-12,15-16H,8,13-14,17-18H2,2-6H3. The third kappa shape index (κ3) is 25.0. The lowest BCUT2D eigenvalue weighted by atomic mass is 9.79. The van der Waals surface area contributed by atoms with Gasteiger partial charge in [0.25, 0.3) is 0 Å². The van der Waals surface area contributed by atoms with E-state index in [1.165, 1.54) is 67.9 Å². The molecule has 0 spiro atoms. The van der Waals surface area contributed by atoms with E-state index in [0.29, 0.717) is 104 Å². The molecule has 0 bridgehead atoms. The second-order valence-corrected chi connectivity index (χ2v) is 25.9. The highest BCUT2D eigenvalue weighted by molar-refractivity contribution is 5.55. The van der Waals surface area contributed by atoms with Crippen LogP contribution in [0.4, 0.5) is 13.2 Å². The van der Waals surface area contributed by atoms with Crippen molar-refractivity contribution in [2.45, 2.75) is 202 Å². The van der Waals surface area contributed by atoms with Gasteiger partial charge in [0.05, 0.1) is 45.1 Å². The molecule has 1 atom stereocenters. The van der Waals surface area contributed by atoms with Gasteiger partial charge in [-0.2, -0.15) is 13.2 Å². The third-order valence-corrected chi connectivity index (χ3v) is 18.4. The molecule has 12 nitrogen and oxygen atoms in total. The zero-order valence-electron chi connectivity index (χ0n) is 61.3. The first kappa shape index (κ1) is 81.6. The maximum absolute atomic E-state index is 13.6. The van der Waals surface area contributed by atoms with E-state index in [1.807, 2.05) is 70.2 Å². The number of hydrogen-bond acceptors (Lipinski definition) is 12. The van der Waals surface area contributed by atoms with Crippen molar-refractivity contribution >= 4 is 6.08 Å². The summed E-state index contributed by atoms with van der Waals surface area (Å²) in [4.78, 5) is 0. The molecule has 1 unspecified atom stereocenters. The Kier molecular flexibility index (Phi) is 35.1. The summed E-state index contributed by atoms with van der Waals surface area (Å²) >= 11 is 0. The summed E-state index contributed by atoms with van der Waals surface area (Å²) in [6.45, 7) is 35.6. The smallest absolute Gasteiger partial charge is 0.398 e. The predicted octanol–water partition coefficient (Wildman–Crippen LogP) is 20.1. The molecule has 0 aromatic heterocycles. The number of hydrogen-bond donors (Lipinski definition) is 0. The van der Waals surface area contributed by atoms with Crippen molar-refractivity contribution in [3.05, 3.63) is 183 Å². The zero-order chi connectivity index (χ0) is 71.6. The van der Waals surface area contributed by atoms with Crippen molar-refractivity contribution in [2.75, 3.05) is 80.3 Å². The van der Waals surface area contributed by atoms with Crippen LogP contribution in [0.3, 0.4) is 0 Å². The van der Waals surface area contributed by atoms with Crippen LogP contribution >= 0.6 is 0 Å². The molecule has 1 aliphatic carbocycles. The van der Waals surface area contributed by atoms with Crippen LogP contribution in [0.2, 0.25) is 0 Å². The van der Waals surface area contributed by atoms with Crippen LogP contribution in [-0.2, 0) is 84.3 Å². The number of alkyl halides is 3. The van der Waals surface area contributed by atoms with Crippen LogP contribution in [-0.4, -0.2) is 86.5 Å². The molecule has 1 saturated carbocycles. The molecule has 1 fully saturated rings. The lowest BCUT2D eigenvalue weighted by Gasteiger charge is -2.31. The minimum atomic E-state index is -4.32. The van der Waals surface area contributed by atoms with E-state index in [1.54, 1.807) is 33.3 Å². The highest BCUT2D eigenvalue weighted by Crippen LogP contribution is 2.44. The first-order valence-electron chi connectivity index (χ1n) is 35.1. The summed E-state index contributed by atoms with van der Waals surface area (Å²) in [6, 6.07) is 35.2. The van der Waals surface area contributed by atoms with Gasteiger partial charge in [0, 0.05) is 79.6 Å².